The van der Waals surface area contributed by atoms with Crippen LogP contribution < -0.4 is 9.47 Å². The highest BCUT2D eigenvalue weighted by molar-refractivity contribution is 5.89. The van der Waals surface area contributed by atoms with Gasteiger partial charge in [0.05, 0.1) is 32.2 Å². The Hall–Kier alpha value is -7.64. The molecule has 2 N–H and O–H groups in total. The van der Waals surface area contributed by atoms with Gasteiger partial charge < -0.3 is 19.2 Å². The molecule has 0 atom stereocenters. The SMILES string of the molecule is C.COc1ccc(CCC(=O)n2nc(C)c(Cc3c[nH]c4ncccc34)c2C)cc1.COc1ccc(CN=C=O)cc1.Cc1n[nH]c(C)c1Cc1cn(C(=O)OC(C)(C)C)c2ncccc12. The summed E-state index contributed by atoms with van der Waals surface area (Å²) in [5.74, 6) is 1.62. The quantitative estimate of drug-likeness (QED) is 0.0936. The maximum atomic E-state index is 12.8. The van der Waals surface area contributed by atoms with Gasteiger partial charge in [-0.25, -0.2) is 33.8 Å². The normalized spacial score (nSPS) is 10.8. The number of nitrogens with one attached hydrogen (secondary N) is 2. The van der Waals surface area contributed by atoms with Gasteiger partial charge in [0.2, 0.25) is 12.0 Å². The molecule has 15 nitrogen and oxygen atoms in total. The molecule has 0 saturated heterocycles. The molecule has 0 amide bonds. The van der Waals surface area contributed by atoms with E-state index in [-0.39, 0.29) is 13.3 Å². The lowest BCUT2D eigenvalue weighted by molar-refractivity contribution is 0.0543. The van der Waals surface area contributed by atoms with Gasteiger partial charge in [-0.2, -0.15) is 10.2 Å². The summed E-state index contributed by atoms with van der Waals surface area (Å²) in [6.07, 6.45) is 10.8. The number of hydrogen-bond donors (Lipinski definition) is 2. The number of aliphatic imine (C=N–C) groups is 1. The first-order chi connectivity index (χ1) is 31.2. The third-order valence-corrected chi connectivity index (χ3v) is 10.7. The van der Waals surface area contributed by atoms with E-state index < -0.39 is 11.7 Å². The molecule has 6 aromatic heterocycles. The highest BCUT2D eigenvalue weighted by Crippen LogP contribution is 2.26. The van der Waals surface area contributed by atoms with Crippen LogP contribution >= 0.6 is 0 Å². The molecule has 0 unspecified atom stereocenters. The minimum absolute atomic E-state index is 0. The summed E-state index contributed by atoms with van der Waals surface area (Å²) < 4.78 is 18.7. The second kappa shape index (κ2) is 22.3. The summed E-state index contributed by atoms with van der Waals surface area (Å²) in [6, 6.07) is 23.0. The zero-order valence-corrected chi connectivity index (χ0v) is 38.4. The minimum Gasteiger partial charge on any atom is -0.497 e. The van der Waals surface area contributed by atoms with Crippen LogP contribution in [0, 0.1) is 27.7 Å². The second-order valence-electron chi connectivity index (χ2n) is 16.4. The largest absolute Gasteiger partial charge is 0.497 e. The van der Waals surface area contributed by atoms with E-state index in [1.54, 1.807) is 31.3 Å². The van der Waals surface area contributed by atoms with E-state index in [1.165, 1.54) is 10.6 Å². The lowest BCUT2D eigenvalue weighted by Crippen LogP contribution is -2.26. The number of carbonyl (C=O) groups excluding carboxylic acids is 3. The van der Waals surface area contributed by atoms with Crippen molar-refractivity contribution in [3.8, 4) is 11.5 Å². The molecule has 0 radical (unpaired) electrons. The Labute approximate surface area is 385 Å². The number of carbonyl (C=O) groups is 2. The standard InChI is InChI=1S/C23H24N4O2.C18H22N4O2.C9H9NO2.CH4/c1-15-21(13-18-14-25-23-20(18)5-4-12-24-23)16(2)27(26-15)22(28)11-8-17-6-9-19(29-3)10-7-17;1-11-15(12(2)21-20-11)9-13-10-22(17(23)24-18(3,4)5)16-14(13)7-6-8-19-16;1-12-9-4-2-8(3-5-9)6-10-7-11;/h4-7,9-10,12,14H,8,11,13H2,1-3H3,(H,24,25);6-8,10H,9H2,1-5H3,(H,20,21);2-5H,6H2,1H3;1H4. The lowest BCUT2D eigenvalue weighted by Gasteiger charge is -2.19. The first-order valence-electron chi connectivity index (χ1n) is 21.2. The number of nitrogens with zero attached hydrogens (tertiary/aromatic N) is 7. The molecule has 0 aliphatic rings. The Morgan fingerprint density at radius 2 is 1.41 bits per heavy atom. The van der Waals surface area contributed by atoms with E-state index in [1.807, 2.05) is 128 Å². The molecule has 0 bridgehead atoms. The number of aromatic amines is 2. The van der Waals surface area contributed by atoms with Crippen LogP contribution in [0.25, 0.3) is 22.1 Å². The van der Waals surface area contributed by atoms with Crippen LogP contribution in [0.3, 0.4) is 0 Å². The number of benzene rings is 2. The molecule has 344 valence electrons. The van der Waals surface area contributed by atoms with Crippen molar-refractivity contribution in [2.24, 2.45) is 4.99 Å². The van der Waals surface area contributed by atoms with Crippen molar-refractivity contribution in [2.75, 3.05) is 14.2 Å². The zero-order chi connectivity index (χ0) is 46.7. The molecule has 0 aliphatic heterocycles. The summed E-state index contributed by atoms with van der Waals surface area (Å²) in [7, 11) is 3.25. The predicted octanol–water partition coefficient (Wildman–Crippen LogP) is 10.2. The van der Waals surface area contributed by atoms with E-state index in [4.69, 9.17) is 14.2 Å². The van der Waals surface area contributed by atoms with Crippen molar-refractivity contribution in [1.82, 2.24) is 39.5 Å². The minimum atomic E-state index is -0.555. The van der Waals surface area contributed by atoms with Crippen LogP contribution in [0.5, 0.6) is 11.5 Å². The molecule has 8 rings (SSSR count). The molecule has 6 heterocycles. The highest BCUT2D eigenvalue weighted by Gasteiger charge is 2.23. The molecular formula is C51H59N9O6. The van der Waals surface area contributed by atoms with E-state index >= 15 is 0 Å². The van der Waals surface area contributed by atoms with Gasteiger partial charge in [-0.05, 0) is 126 Å². The van der Waals surface area contributed by atoms with E-state index in [2.05, 4.69) is 41.3 Å². The van der Waals surface area contributed by atoms with Crippen LogP contribution in [0.1, 0.15) is 95.6 Å². The summed E-state index contributed by atoms with van der Waals surface area (Å²) in [4.78, 5) is 50.5. The lowest BCUT2D eigenvalue weighted by atomic mass is 10.0. The fourth-order valence-electron chi connectivity index (χ4n) is 7.27. The number of rotatable bonds is 11. The number of H-pyrrole nitrogens is 2. The number of aromatic nitrogens is 8. The highest BCUT2D eigenvalue weighted by atomic mass is 16.6. The van der Waals surface area contributed by atoms with Gasteiger partial charge in [-0.3, -0.25) is 9.89 Å². The fourth-order valence-corrected chi connectivity index (χ4v) is 7.27. The predicted molar refractivity (Wildman–Crippen MR) is 256 cm³/mol. The third-order valence-electron chi connectivity index (χ3n) is 10.7. The third kappa shape index (κ3) is 12.3. The molecule has 0 fully saturated rings. The summed E-state index contributed by atoms with van der Waals surface area (Å²) in [5, 5.41) is 13.8. The van der Waals surface area contributed by atoms with Gasteiger partial charge in [0.15, 0.2) is 0 Å². The van der Waals surface area contributed by atoms with Crippen LogP contribution in [0.15, 0.2) is 103 Å². The Balaban J connectivity index is 0.000000199. The van der Waals surface area contributed by atoms with Gasteiger partial charge in [-0.15, -0.1) is 0 Å². The average Bonchev–Trinajstić information content (AvgIpc) is 4.06. The number of fused-ring (bicyclic) bond motifs is 2. The van der Waals surface area contributed by atoms with Gasteiger partial charge in [0.1, 0.15) is 28.4 Å². The zero-order valence-electron chi connectivity index (χ0n) is 38.4. The van der Waals surface area contributed by atoms with Crippen molar-refractivity contribution in [1.29, 1.82) is 0 Å². The monoisotopic (exact) mass is 893 g/mol. The topological polar surface area (TPSA) is 184 Å². The first kappa shape index (κ1) is 49.4. The fraction of sp³-hybridized carbons (Fsp3) is 0.314. The van der Waals surface area contributed by atoms with Crippen molar-refractivity contribution >= 4 is 40.1 Å². The van der Waals surface area contributed by atoms with Crippen molar-refractivity contribution < 1.29 is 28.6 Å². The summed E-state index contributed by atoms with van der Waals surface area (Å²) in [6.45, 7) is 13.8. The number of hydrogen-bond acceptors (Lipinski definition) is 11. The van der Waals surface area contributed by atoms with Crippen molar-refractivity contribution in [3.05, 3.63) is 154 Å². The molecule has 2 aromatic carbocycles. The van der Waals surface area contributed by atoms with Crippen LogP contribution in [-0.2, 0) is 35.3 Å². The molecule has 0 saturated carbocycles. The molecule has 8 aromatic rings. The molecular weight excluding hydrogens is 835 g/mol. The van der Waals surface area contributed by atoms with E-state index in [0.29, 0.717) is 31.5 Å². The molecule has 15 heteroatoms. The van der Waals surface area contributed by atoms with Gasteiger partial charge in [-0.1, -0.05) is 31.7 Å². The Kier molecular flexibility index (Phi) is 16.7. The molecule has 66 heavy (non-hydrogen) atoms. The van der Waals surface area contributed by atoms with Crippen molar-refractivity contribution in [3.63, 3.8) is 0 Å². The maximum absolute atomic E-state index is 12.8. The maximum Gasteiger partial charge on any atom is 0.420 e. The summed E-state index contributed by atoms with van der Waals surface area (Å²) in [5.41, 5.74) is 11.2. The average molecular weight is 894 g/mol. The number of ether oxygens (including phenoxy) is 3. The number of methoxy groups -OCH3 is 2. The van der Waals surface area contributed by atoms with Gasteiger partial charge in [0, 0.05) is 77.3 Å². The number of isocyanates is 1. The number of pyridine rings is 2. The Morgan fingerprint density at radius 3 is 2.02 bits per heavy atom. The Morgan fingerprint density at radius 1 is 0.788 bits per heavy atom. The molecule has 0 spiro atoms. The first-order valence-corrected chi connectivity index (χ1v) is 21.2. The van der Waals surface area contributed by atoms with E-state index in [9.17, 15) is 14.4 Å². The smallest absolute Gasteiger partial charge is 0.420 e. The van der Waals surface area contributed by atoms with Crippen molar-refractivity contribution in [2.45, 2.75) is 93.7 Å². The van der Waals surface area contributed by atoms with E-state index in [0.717, 1.165) is 90.5 Å². The molecule has 0 aliphatic carbocycles. The van der Waals surface area contributed by atoms with Gasteiger partial charge in [0.25, 0.3) is 0 Å². The Bertz CT molecular complexity index is 2910. The van der Waals surface area contributed by atoms with Gasteiger partial charge >= 0.3 is 6.09 Å². The second-order valence-corrected chi connectivity index (χ2v) is 16.4. The van der Waals surface area contributed by atoms with Crippen LogP contribution in [0.4, 0.5) is 4.79 Å². The number of aryl methyl sites for hydroxylation is 4. The van der Waals surface area contributed by atoms with Crippen LogP contribution in [0.2, 0.25) is 0 Å². The van der Waals surface area contributed by atoms with Crippen LogP contribution in [-0.4, -0.2) is 77.4 Å². The summed E-state index contributed by atoms with van der Waals surface area (Å²) >= 11 is 0.